The van der Waals surface area contributed by atoms with Gasteiger partial charge in [-0.3, -0.25) is 14.2 Å². The predicted molar refractivity (Wildman–Crippen MR) is 228 cm³/mol. The van der Waals surface area contributed by atoms with Gasteiger partial charge >= 0.3 is 7.60 Å². The number of unbranched alkanes of at least 4 members (excludes halogenated alkanes) is 28. The third kappa shape index (κ3) is 37.7. The summed E-state index contributed by atoms with van der Waals surface area (Å²) in [5.41, 5.74) is -0.884. The maximum absolute atomic E-state index is 13.3. The first-order chi connectivity index (χ1) is 25.5. The van der Waals surface area contributed by atoms with Gasteiger partial charge < -0.3 is 24.5 Å². The van der Waals surface area contributed by atoms with E-state index in [0.29, 0.717) is 23.9 Å². The van der Waals surface area contributed by atoms with Crippen LogP contribution in [0.15, 0.2) is 0 Å². The van der Waals surface area contributed by atoms with Crippen LogP contribution in [-0.2, 0) is 18.7 Å². The first-order valence-electron chi connectivity index (χ1n) is 22.8. The Morgan fingerprint density at radius 2 is 0.774 bits per heavy atom. The van der Waals surface area contributed by atoms with E-state index in [4.69, 9.17) is 4.52 Å². The topological polar surface area (TPSA) is 105 Å². The van der Waals surface area contributed by atoms with Crippen LogP contribution < -0.4 is 10.6 Å². The lowest BCUT2D eigenvalue weighted by atomic mass is 10.0. The lowest BCUT2D eigenvalue weighted by molar-refractivity contribution is -0.870. The first kappa shape index (κ1) is 52.0. The molecule has 0 aliphatic heterocycles. The van der Waals surface area contributed by atoms with Gasteiger partial charge in [-0.2, -0.15) is 0 Å². The molecule has 0 aromatic heterocycles. The summed E-state index contributed by atoms with van der Waals surface area (Å²) < 4.78 is 19.4. The number of nitrogens with one attached hydrogen (secondary N) is 2. The van der Waals surface area contributed by atoms with Crippen molar-refractivity contribution >= 4 is 19.4 Å². The van der Waals surface area contributed by atoms with Gasteiger partial charge in [0.1, 0.15) is 13.2 Å². The molecule has 2 amide bonds. The van der Waals surface area contributed by atoms with Crippen molar-refractivity contribution in [1.82, 2.24) is 10.6 Å². The minimum atomic E-state index is -4.07. The monoisotopic (exact) mass is 773 g/mol. The zero-order valence-corrected chi connectivity index (χ0v) is 36.9. The van der Waals surface area contributed by atoms with Crippen LogP contribution in [0.3, 0.4) is 0 Å². The summed E-state index contributed by atoms with van der Waals surface area (Å²) in [4.78, 5) is 36.1. The maximum atomic E-state index is 13.3. The van der Waals surface area contributed by atoms with Crippen LogP contribution >= 0.6 is 7.60 Å². The SMILES string of the molecule is CCCCCCCCCCCCCCCCCC(=O)NCC(CNC(=O)CCCCCCCCCCCCCCCCC)P(=O)(O)OCC[N+](C)(C)C. The Hall–Kier alpha value is -0.950. The third-order valence-electron chi connectivity index (χ3n) is 10.6. The highest BCUT2D eigenvalue weighted by atomic mass is 31.2. The Morgan fingerprint density at radius 3 is 1.04 bits per heavy atom. The number of hydrogen-bond acceptors (Lipinski definition) is 4. The van der Waals surface area contributed by atoms with E-state index in [-0.39, 0.29) is 31.5 Å². The summed E-state index contributed by atoms with van der Waals surface area (Å²) in [6, 6.07) is 0. The molecular weight excluding hydrogens is 681 g/mol. The van der Waals surface area contributed by atoms with Crippen LogP contribution in [0, 0.1) is 0 Å². The second-order valence-corrected chi connectivity index (χ2v) is 19.2. The summed E-state index contributed by atoms with van der Waals surface area (Å²) in [7, 11) is 1.93. The van der Waals surface area contributed by atoms with Gasteiger partial charge in [-0.05, 0) is 12.8 Å². The largest absolute Gasteiger partial charge is 0.355 e. The molecule has 0 bridgehead atoms. The van der Waals surface area contributed by atoms with Gasteiger partial charge in [0.2, 0.25) is 11.8 Å². The fourth-order valence-electron chi connectivity index (χ4n) is 6.81. The van der Waals surface area contributed by atoms with E-state index in [1.165, 1.54) is 154 Å². The number of nitrogens with zero attached hydrogens (tertiary/aromatic N) is 1. The van der Waals surface area contributed by atoms with Gasteiger partial charge in [-0.1, -0.05) is 194 Å². The number of carbonyl (C=O) groups excluding carboxylic acids is 2. The van der Waals surface area contributed by atoms with E-state index < -0.39 is 13.3 Å². The zero-order chi connectivity index (χ0) is 39.3. The Bertz CT molecular complexity index is 832. The number of likely N-dealkylation sites (N-methyl/N-ethyl adjacent to an activating group) is 1. The van der Waals surface area contributed by atoms with Crippen molar-refractivity contribution < 1.29 is 28.1 Å². The van der Waals surface area contributed by atoms with Gasteiger partial charge in [0.05, 0.1) is 26.8 Å². The van der Waals surface area contributed by atoms with Crippen LogP contribution in [-0.4, -0.2) is 74.2 Å². The summed E-state index contributed by atoms with van der Waals surface area (Å²) in [5.74, 6) is -0.222. The third-order valence-corrected chi connectivity index (χ3v) is 12.4. The minimum absolute atomic E-state index is 0.00889. The van der Waals surface area contributed by atoms with Gasteiger partial charge in [-0.25, -0.2) is 0 Å². The second kappa shape index (κ2) is 36.7. The Kier molecular flexibility index (Phi) is 36.0. The number of amides is 2. The predicted octanol–water partition coefficient (Wildman–Crippen LogP) is 12.0. The molecule has 0 saturated carbocycles. The summed E-state index contributed by atoms with van der Waals surface area (Å²) in [6.45, 7) is 5.26. The summed E-state index contributed by atoms with van der Waals surface area (Å²) in [5, 5.41) is 5.72. The van der Waals surface area contributed by atoms with Crippen molar-refractivity contribution in [3.63, 3.8) is 0 Å². The lowest BCUT2D eigenvalue weighted by Crippen LogP contribution is -2.41. The molecule has 0 radical (unpaired) electrons. The summed E-state index contributed by atoms with van der Waals surface area (Å²) in [6.07, 6.45) is 39.1. The Balaban J connectivity index is 4.23. The summed E-state index contributed by atoms with van der Waals surface area (Å²) >= 11 is 0. The molecular formula is C44H91N3O5P+. The molecule has 1 unspecified atom stereocenters. The minimum Gasteiger partial charge on any atom is -0.355 e. The standard InChI is InChI=1S/C44H90N3O5P/c1-6-8-10-12-14-16-18-20-22-24-26-28-30-32-34-36-43(48)45-40-42(53(50,51)52-39-38-47(3,4)5)41-46-44(49)37-35-33-31-29-27-25-23-21-19-17-15-13-11-9-7-2/h42H,6-41H2,1-5H3,(H2-,45,46,48,49,50,51)/p+1. The van der Waals surface area contributed by atoms with Crippen molar-refractivity contribution in [3.8, 4) is 0 Å². The highest BCUT2D eigenvalue weighted by Gasteiger charge is 2.33. The molecule has 0 saturated heterocycles. The first-order valence-corrected chi connectivity index (χ1v) is 24.5. The molecule has 0 aromatic rings. The Labute approximate surface area is 329 Å². The highest BCUT2D eigenvalue weighted by Crippen LogP contribution is 2.47. The fourth-order valence-corrected chi connectivity index (χ4v) is 8.01. The molecule has 9 heteroatoms. The van der Waals surface area contributed by atoms with Crippen molar-refractivity contribution in [2.24, 2.45) is 0 Å². The van der Waals surface area contributed by atoms with Crippen LogP contribution in [0.4, 0.5) is 0 Å². The second-order valence-electron chi connectivity index (χ2n) is 17.1. The van der Waals surface area contributed by atoms with E-state index in [1.54, 1.807) is 0 Å². The smallest absolute Gasteiger partial charge is 0.334 e. The molecule has 0 spiro atoms. The van der Waals surface area contributed by atoms with Crippen molar-refractivity contribution in [3.05, 3.63) is 0 Å². The van der Waals surface area contributed by atoms with Crippen molar-refractivity contribution in [2.75, 3.05) is 47.4 Å². The van der Waals surface area contributed by atoms with Gasteiger partial charge in [0.15, 0.2) is 0 Å². The van der Waals surface area contributed by atoms with E-state index in [9.17, 15) is 19.0 Å². The quantitative estimate of drug-likeness (QED) is 0.0326. The van der Waals surface area contributed by atoms with Crippen molar-refractivity contribution in [1.29, 1.82) is 0 Å². The molecule has 0 heterocycles. The molecule has 8 nitrogen and oxygen atoms in total. The van der Waals surface area contributed by atoms with Gasteiger partial charge in [0.25, 0.3) is 0 Å². The average Bonchev–Trinajstić information content (AvgIpc) is 3.10. The van der Waals surface area contributed by atoms with E-state index in [1.807, 2.05) is 21.1 Å². The molecule has 316 valence electrons. The number of rotatable bonds is 41. The molecule has 53 heavy (non-hydrogen) atoms. The number of quaternary nitrogens is 1. The molecule has 0 rings (SSSR count). The lowest BCUT2D eigenvalue weighted by Gasteiger charge is -2.27. The normalized spacial score (nSPS) is 13.0. The van der Waals surface area contributed by atoms with E-state index in [2.05, 4.69) is 24.5 Å². The van der Waals surface area contributed by atoms with Crippen molar-refractivity contribution in [2.45, 2.75) is 225 Å². The van der Waals surface area contributed by atoms with Crippen LogP contribution in [0.5, 0.6) is 0 Å². The van der Waals surface area contributed by atoms with Gasteiger partial charge in [0, 0.05) is 25.9 Å². The van der Waals surface area contributed by atoms with Crippen LogP contribution in [0.2, 0.25) is 0 Å². The average molecular weight is 773 g/mol. The molecule has 0 aromatic carbocycles. The number of hydrogen-bond donors (Lipinski definition) is 3. The van der Waals surface area contributed by atoms with E-state index >= 15 is 0 Å². The highest BCUT2D eigenvalue weighted by molar-refractivity contribution is 7.53. The number of carbonyl (C=O) groups is 2. The zero-order valence-electron chi connectivity index (χ0n) is 36.0. The Morgan fingerprint density at radius 1 is 0.509 bits per heavy atom. The fraction of sp³-hybridized carbons (Fsp3) is 0.955. The van der Waals surface area contributed by atoms with Gasteiger partial charge in [-0.15, -0.1) is 0 Å². The molecule has 0 aliphatic carbocycles. The molecule has 0 fully saturated rings. The van der Waals surface area contributed by atoms with Crippen LogP contribution in [0.25, 0.3) is 0 Å². The van der Waals surface area contributed by atoms with E-state index in [0.717, 1.165) is 38.5 Å². The maximum Gasteiger partial charge on any atom is 0.334 e. The van der Waals surface area contributed by atoms with Crippen LogP contribution in [0.1, 0.15) is 219 Å². The molecule has 1 atom stereocenters. The molecule has 0 aliphatic rings. The molecule has 3 N–H and O–H groups in total.